The van der Waals surface area contributed by atoms with Crippen LogP contribution >= 0.6 is 11.6 Å². The van der Waals surface area contributed by atoms with Crippen LogP contribution in [0.2, 0.25) is 5.15 Å². The Balaban J connectivity index is 2.31. The van der Waals surface area contributed by atoms with E-state index in [0.29, 0.717) is 4.68 Å². The molecular formula is C14H14ClF3N4O. The number of alkyl halides is 3. The molecule has 0 fully saturated rings. The Kier molecular flexibility index (Phi) is 4.65. The fourth-order valence-corrected chi connectivity index (χ4v) is 2.24. The highest BCUT2D eigenvalue weighted by molar-refractivity contribution is 6.33. The first kappa shape index (κ1) is 17.3. The van der Waals surface area contributed by atoms with Gasteiger partial charge in [0.05, 0.1) is 0 Å². The van der Waals surface area contributed by atoms with E-state index in [0.717, 1.165) is 12.6 Å². The van der Waals surface area contributed by atoms with Crippen LogP contribution in [0.1, 0.15) is 41.5 Å². The minimum atomic E-state index is -4.70. The highest BCUT2D eigenvalue weighted by atomic mass is 35.5. The van der Waals surface area contributed by atoms with Crippen molar-refractivity contribution in [1.82, 2.24) is 14.8 Å². The molecule has 1 amide bonds. The number of aryl methyl sites for hydroxylation is 1. The van der Waals surface area contributed by atoms with Crippen LogP contribution in [-0.2, 0) is 13.2 Å². The molecule has 9 heteroatoms. The molecule has 2 aromatic heterocycles. The molecule has 2 heterocycles. The number of anilines is 1. The predicted octanol–water partition coefficient (Wildman–Crippen LogP) is 3.86. The Hall–Kier alpha value is -2.09. The molecule has 0 aliphatic carbocycles. The van der Waals surface area contributed by atoms with Crippen LogP contribution in [0.3, 0.4) is 0 Å². The maximum absolute atomic E-state index is 13.0. The van der Waals surface area contributed by atoms with Crippen LogP contribution < -0.4 is 5.32 Å². The molecule has 1 N–H and O–H groups in total. The van der Waals surface area contributed by atoms with Crippen molar-refractivity contribution < 1.29 is 18.0 Å². The van der Waals surface area contributed by atoms with Crippen LogP contribution in [0.25, 0.3) is 0 Å². The van der Waals surface area contributed by atoms with Gasteiger partial charge in [0, 0.05) is 13.2 Å². The lowest BCUT2D eigenvalue weighted by Crippen LogP contribution is -2.19. The molecule has 0 saturated carbocycles. The monoisotopic (exact) mass is 346 g/mol. The quantitative estimate of drug-likeness (QED) is 0.918. The molecular weight excluding hydrogens is 333 g/mol. The lowest BCUT2D eigenvalue weighted by atomic mass is 10.1. The Bertz CT molecular complexity index is 723. The smallest absolute Gasteiger partial charge is 0.316 e. The van der Waals surface area contributed by atoms with E-state index in [1.54, 1.807) is 6.07 Å². The van der Waals surface area contributed by atoms with Crippen molar-refractivity contribution >= 4 is 23.2 Å². The van der Waals surface area contributed by atoms with Crippen molar-refractivity contribution in [3.63, 3.8) is 0 Å². The lowest BCUT2D eigenvalue weighted by molar-refractivity contribution is -0.143. The van der Waals surface area contributed by atoms with Gasteiger partial charge in [-0.3, -0.25) is 14.5 Å². The number of amides is 1. The number of hydrogen-bond donors (Lipinski definition) is 1. The SMILES string of the molecule is CC(C)c1ccc(C(=O)Nc2c(Cl)nn(C)c2C(F)(F)F)nc1. The molecule has 0 aliphatic rings. The molecule has 0 saturated heterocycles. The second-order valence-electron chi connectivity index (χ2n) is 5.22. The predicted molar refractivity (Wildman–Crippen MR) is 79.5 cm³/mol. The maximum Gasteiger partial charge on any atom is 0.435 e. The maximum atomic E-state index is 13.0. The molecule has 124 valence electrons. The first-order valence-corrected chi connectivity index (χ1v) is 7.06. The third-order valence-electron chi connectivity index (χ3n) is 3.20. The first-order valence-electron chi connectivity index (χ1n) is 6.68. The molecule has 2 rings (SSSR count). The lowest BCUT2D eigenvalue weighted by Gasteiger charge is -2.11. The van der Waals surface area contributed by atoms with Crippen molar-refractivity contribution in [2.24, 2.45) is 7.05 Å². The zero-order chi connectivity index (χ0) is 17.4. The number of carbonyl (C=O) groups is 1. The van der Waals surface area contributed by atoms with E-state index in [-0.39, 0.29) is 11.6 Å². The fraction of sp³-hybridized carbons (Fsp3) is 0.357. The van der Waals surface area contributed by atoms with Crippen molar-refractivity contribution in [3.05, 3.63) is 40.4 Å². The van der Waals surface area contributed by atoms with E-state index in [9.17, 15) is 18.0 Å². The summed E-state index contributed by atoms with van der Waals surface area (Å²) in [7, 11) is 1.10. The van der Waals surface area contributed by atoms with Crippen molar-refractivity contribution in [2.45, 2.75) is 25.9 Å². The molecule has 0 radical (unpaired) electrons. The van der Waals surface area contributed by atoms with E-state index < -0.39 is 28.6 Å². The van der Waals surface area contributed by atoms with Gasteiger partial charge in [-0.25, -0.2) is 0 Å². The Morgan fingerprint density at radius 3 is 2.48 bits per heavy atom. The number of pyridine rings is 1. The minimum absolute atomic E-state index is 0.0116. The van der Waals surface area contributed by atoms with E-state index in [1.807, 2.05) is 13.8 Å². The number of nitrogens with one attached hydrogen (secondary N) is 1. The van der Waals surface area contributed by atoms with Crippen molar-refractivity contribution in [2.75, 3.05) is 5.32 Å². The molecule has 0 atom stereocenters. The van der Waals surface area contributed by atoms with Gasteiger partial charge in [-0.05, 0) is 17.5 Å². The Morgan fingerprint density at radius 2 is 2.00 bits per heavy atom. The summed E-state index contributed by atoms with van der Waals surface area (Å²) >= 11 is 5.69. The summed E-state index contributed by atoms with van der Waals surface area (Å²) in [6.07, 6.45) is -3.19. The summed E-state index contributed by atoms with van der Waals surface area (Å²) in [6.45, 7) is 3.92. The largest absolute Gasteiger partial charge is 0.435 e. The summed E-state index contributed by atoms with van der Waals surface area (Å²) in [5.41, 5.74) is -0.810. The van der Waals surface area contributed by atoms with Gasteiger partial charge >= 0.3 is 6.18 Å². The van der Waals surface area contributed by atoms with Crippen LogP contribution in [0.5, 0.6) is 0 Å². The van der Waals surface area contributed by atoms with E-state index >= 15 is 0 Å². The van der Waals surface area contributed by atoms with Crippen LogP contribution in [0.15, 0.2) is 18.3 Å². The second kappa shape index (κ2) is 6.19. The molecule has 5 nitrogen and oxygen atoms in total. The Labute approximate surface area is 135 Å². The molecule has 2 aromatic rings. The van der Waals surface area contributed by atoms with Gasteiger partial charge in [0.2, 0.25) is 0 Å². The highest BCUT2D eigenvalue weighted by Gasteiger charge is 2.39. The summed E-state index contributed by atoms with van der Waals surface area (Å²) in [6, 6.07) is 3.14. The van der Waals surface area contributed by atoms with Crippen molar-refractivity contribution in [1.29, 1.82) is 0 Å². The standard InChI is InChI=1S/C14H14ClF3N4O/c1-7(2)8-4-5-9(19-6-8)13(23)20-10-11(14(16,17)18)22(3)21-12(10)15/h4-7H,1-3H3,(H,20,23). The zero-order valence-corrected chi connectivity index (χ0v) is 13.3. The topological polar surface area (TPSA) is 59.8 Å². The van der Waals surface area contributed by atoms with Crippen LogP contribution in [-0.4, -0.2) is 20.7 Å². The summed E-state index contributed by atoms with van der Waals surface area (Å²) < 4.78 is 39.7. The number of nitrogens with zero attached hydrogens (tertiary/aromatic N) is 3. The molecule has 0 bridgehead atoms. The molecule has 0 spiro atoms. The van der Waals surface area contributed by atoms with E-state index in [1.165, 1.54) is 12.3 Å². The van der Waals surface area contributed by atoms with Gasteiger partial charge in [0.1, 0.15) is 11.4 Å². The highest BCUT2D eigenvalue weighted by Crippen LogP contribution is 2.38. The van der Waals surface area contributed by atoms with Crippen LogP contribution in [0, 0.1) is 0 Å². The summed E-state index contributed by atoms with van der Waals surface area (Å²) in [4.78, 5) is 16.1. The normalized spacial score (nSPS) is 11.8. The van der Waals surface area contributed by atoms with E-state index in [4.69, 9.17) is 11.6 Å². The molecule has 0 aliphatic heterocycles. The molecule has 0 aromatic carbocycles. The summed E-state index contributed by atoms with van der Waals surface area (Å²) in [5, 5.41) is 5.18. The first-order chi connectivity index (χ1) is 10.6. The van der Waals surface area contributed by atoms with Gasteiger partial charge in [-0.1, -0.05) is 31.5 Å². The third-order valence-corrected chi connectivity index (χ3v) is 3.46. The van der Waals surface area contributed by atoms with Gasteiger partial charge in [-0.2, -0.15) is 18.3 Å². The minimum Gasteiger partial charge on any atom is -0.316 e. The zero-order valence-electron chi connectivity index (χ0n) is 12.6. The van der Waals surface area contributed by atoms with Gasteiger partial charge < -0.3 is 5.32 Å². The average molecular weight is 347 g/mol. The fourth-order valence-electron chi connectivity index (χ4n) is 1.99. The van der Waals surface area contributed by atoms with Gasteiger partial charge in [0.15, 0.2) is 10.8 Å². The van der Waals surface area contributed by atoms with Crippen LogP contribution in [0.4, 0.5) is 18.9 Å². The molecule has 0 unspecified atom stereocenters. The Morgan fingerprint density at radius 1 is 1.35 bits per heavy atom. The number of hydrogen-bond acceptors (Lipinski definition) is 3. The van der Waals surface area contributed by atoms with Gasteiger partial charge in [-0.15, -0.1) is 0 Å². The van der Waals surface area contributed by atoms with Crippen molar-refractivity contribution in [3.8, 4) is 0 Å². The van der Waals surface area contributed by atoms with E-state index in [2.05, 4.69) is 15.4 Å². The molecule has 23 heavy (non-hydrogen) atoms. The van der Waals surface area contributed by atoms with Gasteiger partial charge in [0.25, 0.3) is 5.91 Å². The number of rotatable bonds is 3. The number of carbonyl (C=O) groups excluding carboxylic acids is 1. The second-order valence-corrected chi connectivity index (χ2v) is 5.58. The summed E-state index contributed by atoms with van der Waals surface area (Å²) in [5.74, 6) is -0.565. The third kappa shape index (κ3) is 3.64. The number of aromatic nitrogens is 3. The average Bonchev–Trinajstić information content (AvgIpc) is 2.72. The number of halogens is 4.